The molecule has 1 aliphatic rings. The summed E-state index contributed by atoms with van der Waals surface area (Å²) in [5.74, 6) is 0.414. The highest BCUT2D eigenvalue weighted by Crippen LogP contribution is 2.31. The highest BCUT2D eigenvalue weighted by Gasteiger charge is 2.24. The van der Waals surface area contributed by atoms with E-state index >= 15 is 0 Å². The Labute approximate surface area is 104 Å². The van der Waals surface area contributed by atoms with Crippen molar-refractivity contribution in [2.24, 2.45) is 5.92 Å². The van der Waals surface area contributed by atoms with Crippen molar-refractivity contribution in [1.29, 1.82) is 0 Å². The lowest BCUT2D eigenvalue weighted by molar-refractivity contribution is 0.0883. The van der Waals surface area contributed by atoms with E-state index in [2.05, 4.69) is 38.2 Å². The van der Waals surface area contributed by atoms with Crippen LogP contribution in [0.3, 0.4) is 0 Å². The van der Waals surface area contributed by atoms with Gasteiger partial charge in [0.05, 0.1) is 6.10 Å². The van der Waals surface area contributed by atoms with Crippen LogP contribution in [-0.2, 0) is 0 Å². The molecule has 0 amide bonds. The van der Waals surface area contributed by atoms with Crippen LogP contribution >= 0.6 is 0 Å². The van der Waals surface area contributed by atoms with E-state index in [9.17, 15) is 5.11 Å². The molecular weight excluding hydrogens is 210 g/mol. The number of hydrogen-bond donors (Lipinski definition) is 2. The van der Waals surface area contributed by atoms with Crippen molar-refractivity contribution in [1.82, 2.24) is 5.32 Å². The van der Waals surface area contributed by atoms with E-state index in [0.717, 1.165) is 31.5 Å². The smallest absolute Gasteiger partial charge is 0.0821 e. The van der Waals surface area contributed by atoms with Crippen molar-refractivity contribution >= 4 is 0 Å². The van der Waals surface area contributed by atoms with Gasteiger partial charge in [0.2, 0.25) is 0 Å². The molecule has 1 aromatic rings. The summed E-state index contributed by atoms with van der Waals surface area (Å²) < 4.78 is 0. The normalized spacial score (nSPS) is 19.3. The topological polar surface area (TPSA) is 32.3 Å². The van der Waals surface area contributed by atoms with E-state index in [1.54, 1.807) is 0 Å². The summed E-state index contributed by atoms with van der Waals surface area (Å²) in [5.41, 5.74) is 4.93. The van der Waals surface area contributed by atoms with Crippen molar-refractivity contribution in [3.63, 3.8) is 0 Å². The van der Waals surface area contributed by atoms with Crippen LogP contribution in [0.25, 0.3) is 0 Å². The summed E-state index contributed by atoms with van der Waals surface area (Å²) in [7, 11) is 0. The van der Waals surface area contributed by atoms with Gasteiger partial charge in [0, 0.05) is 0 Å². The second kappa shape index (κ2) is 5.19. The van der Waals surface area contributed by atoms with E-state index < -0.39 is 0 Å². The molecule has 0 saturated carbocycles. The van der Waals surface area contributed by atoms with E-state index in [1.165, 1.54) is 16.7 Å². The Bertz CT molecular complexity index is 394. The minimum absolute atomic E-state index is 0.295. The molecule has 2 heteroatoms. The van der Waals surface area contributed by atoms with E-state index in [4.69, 9.17) is 0 Å². The molecule has 0 radical (unpaired) electrons. The van der Waals surface area contributed by atoms with Gasteiger partial charge < -0.3 is 10.4 Å². The van der Waals surface area contributed by atoms with Crippen molar-refractivity contribution in [3.8, 4) is 0 Å². The monoisotopic (exact) mass is 233 g/mol. The van der Waals surface area contributed by atoms with Crippen molar-refractivity contribution in [2.75, 3.05) is 13.1 Å². The molecule has 1 atom stereocenters. The zero-order valence-corrected chi connectivity index (χ0v) is 11.1. The van der Waals surface area contributed by atoms with Gasteiger partial charge in [-0.2, -0.15) is 0 Å². The van der Waals surface area contributed by atoms with Gasteiger partial charge in [-0.25, -0.2) is 0 Å². The SMILES string of the molecule is Cc1cc(C)c(C(O)C2CCNCC2)cc1C. The van der Waals surface area contributed by atoms with Crippen molar-refractivity contribution in [2.45, 2.75) is 39.7 Å². The summed E-state index contributed by atoms with van der Waals surface area (Å²) >= 11 is 0. The molecule has 0 aliphatic carbocycles. The summed E-state index contributed by atoms with van der Waals surface area (Å²) in [5, 5.41) is 13.9. The quantitative estimate of drug-likeness (QED) is 0.823. The predicted octanol–water partition coefficient (Wildman–Crippen LogP) is 2.64. The van der Waals surface area contributed by atoms with Crippen LogP contribution in [0, 0.1) is 26.7 Å². The van der Waals surface area contributed by atoms with Gasteiger partial charge in [-0.15, -0.1) is 0 Å². The molecule has 17 heavy (non-hydrogen) atoms. The van der Waals surface area contributed by atoms with Crippen LogP contribution in [0.1, 0.15) is 41.2 Å². The van der Waals surface area contributed by atoms with Gasteiger partial charge >= 0.3 is 0 Å². The minimum Gasteiger partial charge on any atom is -0.388 e. The fraction of sp³-hybridized carbons (Fsp3) is 0.600. The molecule has 1 saturated heterocycles. The number of piperidine rings is 1. The molecule has 1 fully saturated rings. The first kappa shape index (κ1) is 12.6. The zero-order chi connectivity index (χ0) is 12.4. The highest BCUT2D eigenvalue weighted by atomic mass is 16.3. The Kier molecular flexibility index (Phi) is 3.85. The zero-order valence-electron chi connectivity index (χ0n) is 11.1. The maximum Gasteiger partial charge on any atom is 0.0821 e. The molecule has 1 unspecified atom stereocenters. The lowest BCUT2D eigenvalue weighted by atomic mass is 9.85. The maximum atomic E-state index is 10.5. The van der Waals surface area contributed by atoms with Crippen LogP contribution in [0.2, 0.25) is 0 Å². The highest BCUT2D eigenvalue weighted by molar-refractivity contribution is 5.37. The Balaban J connectivity index is 2.23. The minimum atomic E-state index is -0.295. The molecule has 2 nitrogen and oxygen atoms in total. The number of aryl methyl sites for hydroxylation is 3. The molecule has 2 rings (SSSR count). The Morgan fingerprint density at radius 3 is 2.29 bits per heavy atom. The largest absolute Gasteiger partial charge is 0.388 e. The third kappa shape index (κ3) is 2.70. The standard InChI is InChI=1S/C15H23NO/c1-10-8-12(3)14(9-11(10)2)15(17)13-4-6-16-7-5-13/h8-9,13,15-17H,4-7H2,1-3H3. The average Bonchev–Trinajstić information content (AvgIpc) is 2.34. The van der Waals surface area contributed by atoms with Gasteiger partial charge in [-0.05, 0) is 74.9 Å². The molecule has 1 heterocycles. The average molecular weight is 233 g/mol. The van der Waals surface area contributed by atoms with Crippen molar-refractivity contribution in [3.05, 3.63) is 34.4 Å². The van der Waals surface area contributed by atoms with Crippen LogP contribution in [-0.4, -0.2) is 18.2 Å². The second-order valence-electron chi connectivity index (χ2n) is 5.33. The van der Waals surface area contributed by atoms with Crippen LogP contribution in [0.5, 0.6) is 0 Å². The van der Waals surface area contributed by atoms with E-state index in [-0.39, 0.29) is 6.10 Å². The Morgan fingerprint density at radius 1 is 1.06 bits per heavy atom. The molecule has 2 N–H and O–H groups in total. The fourth-order valence-corrected chi connectivity index (χ4v) is 2.72. The lowest BCUT2D eigenvalue weighted by Crippen LogP contribution is -2.31. The summed E-state index contributed by atoms with van der Waals surface area (Å²) in [6.45, 7) is 8.42. The van der Waals surface area contributed by atoms with Crippen LogP contribution < -0.4 is 5.32 Å². The van der Waals surface area contributed by atoms with Crippen LogP contribution in [0.4, 0.5) is 0 Å². The third-order valence-corrected chi connectivity index (χ3v) is 4.03. The molecule has 1 aliphatic heterocycles. The van der Waals surface area contributed by atoms with Gasteiger partial charge in [0.1, 0.15) is 0 Å². The first-order valence-corrected chi connectivity index (χ1v) is 6.56. The van der Waals surface area contributed by atoms with E-state index in [0.29, 0.717) is 5.92 Å². The predicted molar refractivity (Wildman–Crippen MR) is 71.2 cm³/mol. The fourth-order valence-electron chi connectivity index (χ4n) is 2.72. The van der Waals surface area contributed by atoms with Crippen molar-refractivity contribution < 1.29 is 5.11 Å². The maximum absolute atomic E-state index is 10.5. The molecule has 1 aromatic carbocycles. The summed E-state index contributed by atoms with van der Waals surface area (Å²) in [4.78, 5) is 0. The molecular formula is C15H23NO. The van der Waals surface area contributed by atoms with Gasteiger partial charge in [-0.3, -0.25) is 0 Å². The Morgan fingerprint density at radius 2 is 1.65 bits per heavy atom. The molecule has 0 spiro atoms. The first-order chi connectivity index (χ1) is 8.09. The Hall–Kier alpha value is -0.860. The summed E-state index contributed by atoms with van der Waals surface area (Å²) in [6.07, 6.45) is 1.86. The van der Waals surface area contributed by atoms with Gasteiger partial charge in [0.25, 0.3) is 0 Å². The number of benzene rings is 1. The number of rotatable bonds is 2. The molecule has 0 bridgehead atoms. The number of aliphatic hydroxyl groups is 1. The van der Waals surface area contributed by atoms with E-state index in [1.807, 2.05) is 0 Å². The molecule has 0 aromatic heterocycles. The molecule has 94 valence electrons. The third-order valence-electron chi connectivity index (χ3n) is 4.03. The number of nitrogens with one attached hydrogen (secondary N) is 1. The summed E-state index contributed by atoms with van der Waals surface area (Å²) in [6, 6.07) is 4.35. The van der Waals surface area contributed by atoms with Crippen LogP contribution in [0.15, 0.2) is 12.1 Å². The number of aliphatic hydroxyl groups excluding tert-OH is 1. The van der Waals surface area contributed by atoms with Gasteiger partial charge in [0.15, 0.2) is 0 Å². The number of hydrogen-bond acceptors (Lipinski definition) is 2. The first-order valence-electron chi connectivity index (χ1n) is 6.56. The lowest BCUT2D eigenvalue weighted by Gasteiger charge is -2.28. The van der Waals surface area contributed by atoms with Gasteiger partial charge in [-0.1, -0.05) is 12.1 Å². The second-order valence-corrected chi connectivity index (χ2v) is 5.33.